The summed E-state index contributed by atoms with van der Waals surface area (Å²) in [6.07, 6.45) is 2.20. The fourth-order valence-corrected chi connectivity index (χ4v) is 2.44. The van der Waals surface area contributed by atoms with Crippen molar-refractivity contribution in [3.8, 4) is 5.75 Å². The summed E-state index contributed by atoms with van der Waals surface area (Å²) >= 11 is 0. The van der Waals surface area contributed by atoms with E-state index in [-0.39, 0.29) is 11.7 Å². The van der Waals surface area contributed by atoms with Crippen LogP contribution in [0.15, 0.2) is 18.2 Å². The van der Waals surface area contributed by atoms with Gasteiger partial charge in [0.05, 0.1) is 6.10 Å². The van der Waals surface area contributed by atoms with Gasteiger partial charge in [-0.15, -0.1) is 0 Å². The van der Waals surface area contributed by atoms with E-state index in [4.69, 9.17) is 4.74 Å². The number of rotatable bonds is 2. The molecular formula is C14H20O2. The number of aryl methyl sites for hydroxylation is 1. The van der Waals surface area contributed by atoms with Crippen molar-refractivity contribution in [3.63, 3.8) is 0 Å². The van der Waals surface area contributed by atoms with E-state index in [9.17, 15) is 5.11 Å². The molecule has 0 saturated carbocycles. The zero-order chi connectivity index (χ0) is 11.8. The third-order valence-electron chi connectivity index (χ3n) is 3.70. The smallest absolute Gasteiger partial charge is 0.125 e. The summed E-state index contributed by atoms with van der Waals surface area (Å²) in [5, 5.41) is 10.2. The maximum Gasteiger partial charge on any atom is 0.125 e. The summed E-state index contributed by atoms with van der Waals surface area (Å²) < 4.78 is 6.08. The van der Waals surface area contributed by atoms with Gasteiger partial charge in [0, 0.05) is 12.0 Å². The summed E-state index contributed by atoms with van der Waals surface area (Å²) in [5.74, 6) is 0.855. The molecule has 0 aliphatic carbocycles. The molecule has 0 aromatic heterocycles. The normalized spacial score (nSPS) is 22.4. The lowest BCUT2D eigenvalue weighted by atomic mass is 9.84. The molecule has 2 nitrogen and oxygen atoms in total. The lowest BCUT2D eigenvalue weighted by Gasteiger charge is -2.40. The molecule has 0 spiro atoms. The molecule has 16 heavy (non-hydrogen) atoms. The average molecular weight is 220 g/mol. The van der Waals surface area contributed by atoms with E-state index in [0.29, 0.717) is 6.42 Å². The molecule has 0 saturated heterocycles. The second-order valence-corrected chi connectivity index (χ2v) is 4.75. The van der Waals surface area contributed by atoms with Crippen molar-refractivity contribution in [2.24, 2.45) is 0 Å². The fourth-order valence-electron chi connectivity index (χ4n) is 2.44. The summed E-state index contributed by atoms with van der Waals surface area (Å²) in [6, 6.07) is 6.04. The predicted molar refractivity (Wildman–Crippen MR) is 64.7 cm³/mol. The second kappa shape index (κ2) is 4.10. The fraction of sp³-hybridized carbons (Fsp3) is 0.571. The topological polar surface area (TPSA) is 29.5 Å². The Morgan fingerprint density at radius 3 is 2.69 bits per heavy atom. The average Bonchev–Trinajstić information content (AvgIpc) is 2.30. The molecule has 2 heteroatoms. The number of aliphatic hydroxyl groups is 1. The van der Waals surface area contributed by atoms with Crippen molar-refractivity contribution in [2.75, 3.05) is 0 Å². The highest BCUT2D eigenvalue weighted by molar-refractivity contribution is 5.40. The van der Waals surface area contributed by atoms with Crippen LogP contribution < -0.4 is 4.74 Å². The number of hydrogen-bond acceptors (Lipinski definition) is 2. The Kier molecular flexibility index (Phi) is 2.94. The van der Waals surface area contributed by atoms with Gasteiger partial charge in [-0.25, -0.2) is 0 Å². The first-order valence-electron chi connectivity index (χ1n) is 6.08. The van der Waals surface area contributed by atoms with E-state index in [1.165, 1.54) is 5.56 Å². The largest absolute Gasteiger partial charge is 0.487 e. The number of fused-ring (bicyclic) bond motifs is 1. The quantitative estimate of drug-likeness (QED) is 0.828. The molecule has 0 fully saturated rings. The zero-order valence-corrected chi connectivity index (χ0v) is 10.3. The molecule has 0 bridgehead atoms. The predicted octanol–water partition coefficient (Wildman–Crippen LogP) is 3.37. The van der Waals surface area contributed by atoms with Crippen LogP contribution in [-0.4, -0.2) is 10.7 Å². The van der Waals surface area contributed by atoms with E-state index in [0.717, 1.165) is 24.2 Å². The Hall–Kier alpha value is -1.02. The van der Waals surface area contributed by atoms with E-state index < -0.39 is 0 Å². The van der Waals surface area contributed by atoms with Gasteiger partial charge >= 0.3 is 0 Å². The van der Waals surface area contributed by atoms with Crippen molar-refractivity contribution >= 4 is 0 Å². The van der Waals surface area contributed by atoms with Gasteiger partial charge in [-0.05, 0) is 31.9 Å². The second-order valence-electron chi connectivity index (χ2n) is 4.75. The van der Waals surface area contributed by atoms with Crippen LogP contribution >= 0.6 is 0 Å². The van der Waals surface area contributed by atoms with Gasteiger partial charge in [0.25, 0.3) is 0 Å². The molecule has 0 amide bonds. The van der Waals surface area contributed by atoms with Gasteiger partial charge in [-0.2, -0.15) is 0 Å². The lowest BCUT2D eigenvalue weighted by Crippen LogP contribution is -2.39. The first-order valence-corrected chi connectivity index (χ1v) is 6.08. The molecule has 1 aromatic rings. The Morgan fingerprint density at radius 1 is 1.38 bits per heavy atom. The van der Waals surface area contributed by atoms with Crippen LogP contribution in [0.2, 0.25) is 0 Å². The Morgan fingerprint density at radius 2 is 2.06 bits per heavy atom. The minimum Gasteiger partial charge on any atom is -0.487 e. The van der Waals surface area contributed by atoms with Gasteiger partial charge in [-0.3, -0.25) is 0 Å². The maximum atomic E-state index is 10.2. The maximum absolute atomic E-state index is 10.2. The van der Waals surface area contributed by atoms with Gasteiger partial charge in [-0.1, -0.05) is 25.5 Å². The van der Waals surface area contributed by atoms with E-state index >= 15 is 0 Å². The van der Waals surface area contributed by atoms with Crippen LogP contribution in [0.3, 0.4) is 0 Å². The van der Waals surface area contributed by atoms with Crippen LogP contribution in [0.25, 0.3) is 0 Å². The van der Waals surface area contributed by atoms with Crippen molar-refractivity contribution in [2.45, 2.75) is 51.7 Å². The highest BCUT2D eigenvalue weighted by atomic mass is 16.5. The van der Waals surface area contributed by atoms with Gasteiger partial charge in [0.15, 0.2) is 0 Å². The van der Waals surface area contributed by atoms with Crippen LogP contribution in [0.1, 0.15) is 50.3 Å². The van der Waals surface area contributed by atoms with Crippen LogP contribution in [0, 0.1) is 6.92 Å². The van der Waals surface area contributed by atoms with Crippen LogP contribution in [0.4, 0.5) is 0 Å². The van der Waals surface area contributed by atoms with Gasteiger partial charge < -0.3 is 9.84 Å². The van der Waals surface area contributed by atoms with Crippen LogP contribution in [0.5, 0.6) is 5.75 Å². The van der Waals surface area contributed by atoms with Crippen molar-refractivity contribution in [1.29, 1.82) is 0 Å². The first kappa shape index (κ1) is 11.5. The minimum atomic E-state index is -0.386. The number of aliphatic hydroxyl groups excluding tert-OH is 1. The molecule has 1 N–H and O–H groups in total. The standard InChI is InChI=1S/C14H20O2/c1-4-14(5-2)9-12(15)11-8-10(3)6-7-13(11)16-14/h6-8,12,15H,4-5,9H2,1-3H3/t12-/m0/s1. The van der Waals surface area contributed by atoms with Crippen molar-refractivity contribution < 1.29 is 9.84 Å². The van der Waals surface area contributed by atoms with Crippen molar-refractivity contribution in [3.05, 3.63) is 29.3 Å². The SMILES string of the molecule is CCC1(CC)C[C@H](O)c2cc(C)ccc2O1. The Labute approximate surface area is 97.3 Å². The first-order chi connectivity index (χ1) is 7.60. The van der Waals surface area contributed by atoms with Crippen LogP contribution in [-0.2, 0) is 0 Å². The third kappa shape index (κ3) is 1.82. The minimum absolute atomic E-state index is 0.179. The van der Waals surface area contributed by atoms with Gasteiger partial charge in [0.2, 0.25) is 0 Å². The molecule has 0 radical (unpaired) electrons. The van der Waals surface area contributed by atoms with E-state index in [1.54, 1.807) is 0 Å². The molecule has 0 unspecified atom stereocenters. The molecule has 1 aliphatic heterocycles. The summed E-state index contributed by atoms with van der Waals surface area (Å²) in [5.41, 5.74) is 1.93. The molecule has 1 heterocycles. The molecule has 1 aromatic carbocycles. The molecule has 1 atom stereocenters. The molecule has 2 rings (SSSR count). The number of ether oxygens (including phenoxy) is 1. The summed E-state index contributed by atoms with van der Waals surface area (Å²) in [6.45, 7) is 6.28. The lowest BCUT2D eigenvalue weighted by molar-refractivity contribution is -0.0196. The highest BCUT2D eigenvalue weighted by Gasteiger charge is 2.37. The third-order valence-corrected chi connectivity index (χ3v) is 3.70. The monoisotopic (exact) mass is 220 g/mol. The Bertz CT molecular complexity index is 380. The zero-order valence-electron chi connectivity index (χ0n) is 10.3. The molecular weight excluding hydrogens is 200 g/mol. The number of benzene rings is 1. The highest BCUT2D eigenvalue weighted by Crippen LogP contribution is 2.42. The van der Waals surface area contributed by atoms with Gasteiger partial charge in [0.1, 0.15) is 11.4 Å². The number of hydrogen-bond donors (Lipinski definition) is 1. The summed E-state index contributed by atoms with van der Waals surface area (Å²) in [4.78, 5) is 0. The Balaban J connectivity index is 2.40. The molecule has 88 valence electrons. The van der Waals surface area contributed by atoms with E-state index in [2.05, 4.69) is 13.8 Å². The van der Waals surface area contributed by atoms with E-state index in [1.807, 2.05) is 25.1 Å². The summed E-state index contributed by atoms with van der Waals surface area (Å²) in [7, 11) is 0. The molecule has 1 aliphatic rings. The van der Waals surface area contributed by atoms with Crippen molar-refractivity contribution in [1.82, 2.24) is 0 Å².